The lowest BCUT2D eigenvalue weighted by Crippen LogP contribution is -2.36. The highest BCUT2D eigenvalue weighted by Gasteiger charge is 2.31. The van der Waals surface area contributed by atoms with Crippen LogP contribution in [-0.4, -0.2) is 64.9 Å². The van der Waals surface area contributed by atoms with Crippen molar-refractivity contribution < 1.29 is 14.3 Å². The van der Waals surface area contributed by atoms with Crippen LogP contribution in [0.4, 0.5) is 4.79 Å². The molecular weight excluding hydrogens is 434 g/mol. The minimum Gasteiger partial charge on any atom is -0.471 e. The maximum Gasteiger partial charge on any atom is 0.410 e. The Bertz CT molecular complexity index is 1310. The van der Waals surface area contributed by atoms with Crippen molar-refractivity contribution in [2.75, 3.05) is 13.1 Å². The van der Waals surface area contributed by atoms with Gasteiger partial charge in [0.25, 0.3) is 0 Å². The van der Waals surface area contributed by atoms with Gasteiger partial charge < -0.3 is 23.5 Å². The van der Waals surface area contributed by atoms with E-state index in [0.717, 1.165) is 17.1 Å². The molecule has 5 rings (SSSR count). The third-order valence-corrected chi connectivity index (χ3v) is 5.63. The summed E-state index contributed by atoms with van der Waals surface area (Å²) in [6, 6.07) is 8.06. The van der Waals surface area contributed by atoms with Crippen molar-refractivity contribution in [3.05, 3.63) is 49.3 Å². The van der Waals surface area contributed by atoms with Crippen LogP contribution in [0.2, 0.25) is 0 Å². The number of aryl methyl sites for hydroxylation is 1. The minimum absolute atomic E-state index is 0.189. The van der Waals surface area contributed by atoms with Gasteiger partial charge in [0.05, 0.1) is 12.9 Å². The zero-order chi connectivity index (χ0) is 23.9. The van der Waals surface area contributed by atoms with Crippen LogP contribution in [-0.2, 0) is 11.8 Å². The van der Waals surface area contributed by atoms with Crippen LogP contribution in [0.15, 0.2) is 49.3 Å². The number of ether oxygens (including phenoxy) is 2. The quantitative estimate of drug-likeness (QED) is 0.458. The molecule has 176 valence electrons. The second-order valence-electron chi connectivity index (χ2n) is 9.32. The molecule has 0 saturated carbocycles. The molecule has 1 aliphatic rings. The number of likely N-dealkylation sites (tertiary alicyclic amines) is 1. The minimum atomic E-state index is -0.532. The molecule has 3 aromatic heterocycles. The highest BCUT2D eigenvalue weighted by molar-refractivity contribution is 5.81. The van der Waals surface area contributed by atoms with Crippen molar-refractivity contribution >= 4 is 17.3 Å². The molecule has 1 aliphatic heterocycles. The number of benzene rings is 1. The number of hydrogen-bond donors (Lipinski definition) is 0. The van der Waals surface area contributed by atoms with Gasteiger partial charge in [-0.2, -0.15) is 4.98 Å². The van der Waals surface area contributed by atoms with Crippen LogP contribution in [0.25, 0.3) is 28.2 Å². The summed E-state index contributed by atoms with van der Waals surface area (Å²) in [5.41, 5.74) is 2.71. The molecule has 4 aromatic rings. The van der Waals surface area contributed by atoms with Gasteiger partial charge in [0.1, 0.15) is 23.9 Å². The van der Waals surface area contributed by atoms with Crippen LogP contribution in [0.5, 0.6) is 5.88 Å². The van der Waals surface area contributed by atoms with Crippen LogP contribution < -0.4 is 4.74 Å². The van der Waals surface area contributed by atoms with Gasteiger partial charge in [0.15, 0.2) is 11.2 Å². The van der Waals surface area contributed by atoms with Crippen LogP contribution >= 0.6 is 0 Å². The van der Waals surface area contributed by atoms with Crippen molar-refractivity contribution in [2.24, 2.45) is 7.05 Å². The van der Waals surface area contributed by atoms with Gasteiger partial charge >= 0.3 is 6.09 Å². The average Bonchev–Trinajstić information content (AvgIpc) is 3.54. The SMILES string of the molecule is Cn1c(-c2ccc(-n3ccnc3)cc2)nc2c(OC3CCN(C(=O)OC(C)(C)C)C3)ncnc21. The number of hydrogen-bond acceptors (Lipinski definition) is 7. The number of carbonyl (C=O) groups excluding carboxylic acids is 1. The van der Waals surface area contributed by atoms with Crippen molar-refractivity contribution in [2.45, 2.75) is 38.9 Å². The van der Waals surface area contributed by atoms with Gasteiger partial charge in [-0.15, -0.1) is 0 Å². The fraction of sp³-hybridized carbons (Fsp3) is 0.375. The fourth-order valence-electron chi connectivity index (χ4n) is 3.99. The zero-order valence-electron chi connectivity index (χ0n) is 19.7. The van der Waals surface area contributed by atoms with E-state index < -0.39 is 5.60 Å². The maximum absolute atomic E-state index is 12.4. The highest BCUT2D eigenvalue weighted by atomic mass is 16.6. The van der Waals surface area contributed by atoms with Gasteiger partial charge in [-0.25, -0.2) is 19.7 Å². The molecule has 10 nitrogen and oxygen atoms in total. The lowest BCUT2D eigenvalue weighted by atomic mass is 10.2. The topological polar surface area (TPSA) is 100 Å². The van der Waals surface area contributed by atoms with Gasteiger partial charge in [0.2, 0.25) is 5.88 Å². The molecule has 1 amide bonds. The van der Waals surface area contributed by atoms with Crippen molar-refractivity contribution in [1.29, 1.82) is 0 Å². The molecule has 1 aromatic carbocycles. The molecule has 0 spiro atoms. The lowest BCUT2D eigenvalue weighted by molar-refractivity contribution is 0.0275. The first-order valence-electron chi connectivity index (χ1n) is 11.2. The molecule has 0 N–H and O–H groups in total. The van der Waals surface area contributed by atoms with Crippen molar-refractivity contribution in [3.8, 4) is 23.0 Å². The van der Waals surface area contributed by atoms with Gasteiger partial charge in [-0.3, -0.25) is 0 Å². The molecule has 1 atom stereocenters. The molecule has 0 radical (unpaired) electrons. The predicted molar refractivity (Wildman–Crippen MR) is 126 cm³/mol. The highest BCUT2D eigenvalue weighted by Crippen LogP contribution is 2.29. The molecule has 0 aliphatic carbocycles. The number of fused-ring (bicyclic) bond motifs is 1. The molecule has 34 heavy (non-hydrogen) atoms. The number of carbonyl (C=O) groups is 1. The van der Waals surface area contributed by atoms with Crippen LogP contribution in [0.1, 0.15) is 27.2 Å². The Morgan fingerprint density at radius 3 is 2.65 bits per heavy atom. The normalized spacial score (nSPS) is 16.2. The van der Waals surface area contributed by atoms with E-state index in [1.807, 2.05) is 67.4 Å². The Kier molecular flexibility index (Phi) is 5.43. The summed E-state index contributed by atoms with van der Waals surface area (Å²) in [6.45, 7) is 6.59. The van der Waals surface area contributed by atoms with Gasteiger partial charge in [-0.05, 0) is 45.0 Å². The first-order chi connectivity index (χ1) is 16.3. The molecule has 1 fully saturated rings. The number of amides is 1. The third-order valence-electron chi connectivity index (χ3n) is 5.63. The molecular formula is C24H27N7O3. The molecule has 4 heterocycles. The number of imidazole rings is 2. The van der Waals surface area contributed by atoms with Crippen molar-refractivity contribution in [1.82, 2.24) is 34.0 Å². The molecule has 1 saturated heterocycles. The van der Waals surface area contributed by atoms with E-state index in [4.69, 9.17) is 14.5 Å². The summed E-state index contributed by atoms with van der Waals surface area (Å²) in [5.74, 6) is 1.18. The number of aromatic nitrogens is 6. The Hall–Kier alpha value is -3.95. The van der Waals surface area contributed by atoms with Crippen molar-refractivity contribution in [3.63, 3.8) is 0 Å². The van der Waals surface area contributed by atoms with E-state index in [1.54, 1.807) is 17.4 Å². The molecule has 0 bridgehead atoms. The Labute approximate surface area is 197 Å². The smallest absolute Gasteiger partial charge is 0.410 e. The summed E-state index contributed by atoms with van der Waals surface area (Å²) >= 11 is 0. The second kappa shape index (κ2) is 8.44. The first-order valence-corrected chi connectivity index (χ1v) is 11.2. The van der Waals surface area contributed by atoms with Crippen LogP contribution in [0, 0.1) is 0 Å². The first kappa shape index (κ1) is 21.9. The van der Waals surface area contributed by atoms with E-state index in [0.29, 0.717) is 36.6 Å². The summed E-state index contributed by atoms with van der Waals surface area (Å²) in [5, 5.41) is 0. The largest absolute Gasteiger partial charge is 0.471 e. The van der Waals surface area contributed by atoms with Gasteiger partial charge in [0, 0.05) is 43.7 Å². The Balaban J connectivity index is 1.36. The average molecular weight is 462 g/mol. The standard InChI is InChI=1S/C24H27N7O3/c1-24(2,3)34-23(32)30-11-9-18(13-30)33-22-19-21(26-14-27-22)29(4)20(28-19)16-5-7-17(8-6-16)31-12-10-25-15-31/h5-8,10,12,14-15,18H,9,11,13H2,1-4H3. The lowest BCUT2D eigenvalue weighted by Gasteiger charge is -2.24. The van der Waals surface area contributed by atoms with E-state index in [2.05, 4.69) is 15.0 Å². The third kappa shape index (κ3) is 4.30. The van der Waals surface area contributed by atoms with Gasteiger partial charge in [-0.1, -0.05) is 0 Å². The number of rotatable bonds is 4. The van der Waals surface area contributed by atoms with E-state index >= 15 is 0 Å². The van der Waals surface area contributed by atoms with E-state index in [-0.39, 0.29) is 12.2 Å². The summed E-state index contributed by atoms with van der Waals surface area (Å²) < 4.78 is 15.5. The maximum atomic E-state index is 12.4. The molecule has 10 heteroatoms. The zero-order valence-corrected chi connectivity index (χ0v) is 19.7. The summed E-state index contributed by atoms with van der Waals surface area (Å²) in [4.78, 5) is 31.7. The predicted octanol–water partition coefficient (Wildman–Crippen LogP) is 3.60. The Morgan fingerprint density at radius 1 is 1.15 bits per heavy atom. The fourth-order valence-corrected chi connectivity index (χ4v) is 3.99. The summed E-state index contributed by atoms with van der Waals surface area (Å²) in [7, 11) is 1.92. The van der Waals surface area contributed by atoms with E-state index in [1.165, 1.54) is 6.33 Å². The number of nitrogens with zero attached hydrogens (tertiary/aromatic N) is 7. The molecule has 1 unspecified atom stereocenters. The van der Waals surface area contributed by atoms with E-state index in [9.17, 15) is 4.79 Å². The second-order valence-corrected chi connectivity index (χ2v) is 9.32. The van der Waals surface area contributed by atoms with Crippen LogP contribution in [0.3, 0.4) is 0 Å². The monoisotopic (exact) mass is 461 g/mol. The summed E-state index contributed by atoms with van der Waals surface area (Å²) in [6.07, 6.45) is 7.06. The Morgan fingerprint density at radius 2 is 1.94 bits per heavy atom.